The summed E-state index contributed by atoms with van der Waals surface area (Å²) >= 11 is 0. The first-order chi connectivity index (χ1) is 9.99. The lowest BCUT2D eigenvalue weighted by molar-refractivity contribution is 0.0697. The van der Waals surface area contributed by atoms with Crippen molar-refractivity contribution in [3.8, 4) is 0 Å². The number of rotatable bonds is 3. The van der Waals surface area contributed by atoms with Crippen molar-refractivity contribution >= 4 is 17.7 Å². The van der Waals surface area contributed by atoms with E-state index in [0.29, 0.717) is 18.9 Å². The molecule has 1 N–H and O–H groups in total. The van der Waals surface area contributed by atoms with Gasteiger partial charge in [0, 0.05) is 25.3 Å². The number of carboxylic acids is 1. The number of hydrogen-bond acceptors (Lipinski definition) is 2. The number of carboxylic acid groups (broad SMARTS) is 1. The smallest absolute Gasteiger partial charge is 0.335 e. The highest BCUT2D eigenvalue weighted by molar-refractivity contribution is 5.96. The van der Waals surface area contributed by atoms with Crippen LogP contribution >= 0.6 is 0 Å². The van der Waals surface area contributed by atoms with Crippen LogP contribution in [-0.2, 0) is 6.42 Å². The lowest BCUT2D eigenvalue weighted by atomic mass is 10.1. The number of fused-ring (bicyclic) bond motifs is 1. The number of aromatic carboxylic acids is 1. The molecule has 1 aromatic carbocycles. The third-order valence-electron chi connectivity index (χ3n) is 4.67. The summed E-state index contributed by atoms with van der Waals surface area (Å²) in [6.07, 6.45) is 3.13. The molecule has 0 saturated heterocycles. The highest BCUT2D eigenvalue weighted by Gasteiger charge is 2.35. The summed E-state index contributed by atoms with van der Waals surface area (Å²) in [5.41, 5.74) is 2.07. The maximum absolute atomic E-state index is 12.6. The van der Waals surface area contributed by atoms with E-state index in [9.17, 15) is 9.59 Å². The van der Waals surface area contributed by atoms with Crippen molar-refractivity contribution in [3.05, 3.63) is 29.3 Å². The minimum atomic E-state index is -0.929. The van der Waals surface area contributed by atoms with Gasteiger partial charge in [-0.15, -0.1) is 0 Å². The maximum atomic E-state index is 12.6. The Labute approximate surface area is 124 Å². The summed E-state index contributed by atoms with van der Waals surface area (Å²) < 4.78 is 0. The van der Waals surface area contributed by atoms with Crippen LogP contribution < -0.4 is 4.90 Å². The molecule has 1 aromatic rings. The van der Waals surface area contributed by atoms with E-state index in [0.717, 1.165) is 11.3 Å². The van der Waals surface area contributed by atoms with Crippen LogP contribution in [0.3, 0.4) is 0 Å². The van der Waals surface area contributed by atoms with Crippen LogP contribution in [0.25, 0.3) is 0 Å². The minimum Gasteiger partial charge on any atom is -0.478 e. The van der Waals surface area contributed by atoms with E-state index in [2.05, 4.69) is 6.92 Å². The Bertz CT molecular complexity index is 595. The van der Waals surface area contributed by atoms with Gasteiger partial charge in [0.05, 0.1) is 5.56 Å². The van der Waals surface area contributed by atoms with Crippen molar-refractivity contribution < 1.29 is 14.7 Å². The van der Waals surface area contributed by atoms with Crippen LogP contribution in [0.1, 0.15) is 35.7 Å². The molecule has 0 radical (unpaired) electrons. The Kier molecular flexibility index (Phi) is 3.35. The first-order valence-electron chi connectivity index (χ1n) is 7.39. The van der Waals surface area contributed by atoms with E-state index >= 15 is 0 Å². The van der Waals surface area contributed by atoms with Crippen molar-refractivity contribution in [3.63, 3.8) is 0 Å². The van der Waals surface area contributed by atoms with Crippen LogP contribution in [0.4, 0.5) is 10.5 Å². The van der Waals surface area contributed by atoms with Crippen molar-refractivity contribution in [1.82, 2.24) is 4.90 Å². The molecule has 0 aromatic heterocycles. The average molecular weight is 288 g/mol. The number of urea groups is 1. The van der Waals surface area contributed by atoms with Gasteiger partial charge in [-0.1, -0.05) is 0 Å². The number of anilines is 1. The predicted octanol–water partition coefficient (Wildman–Crippen LogP) is 2.60. The minimum absolute atomic E-state index is 0.0104. The van der Waals surface area contributed by atoms with E-state index in [1.165, 1.54) is 12.8 Å². The topological polar surface area (TPSA) is 60.9 Å². The zero-order valence-corrected chi connectivity index (χ0v) is 12.4. The van der Waals surface area contributed by atoms with E-state index < -0.39 is 5.97 Å². The number of amides is 2. The molecule has 5 nitrogen and oxygen atoms in total. The first kappa shape index (κ1) is 13.9. The van der Waals surface area contributed by atoms with Gasteiger partial charge in [0.2, 0.25) is 0 Å². The summed E-state index contributed by atoms with van der Waals surface area (Å²) in [4.78, 5) is 27.2. The Morgan fingerprint density at radius 3 is 2.71 bits per heavy atom. The van der Waals surface area contributed by atoms with E-state index in [4.69, 9.17) is 5.11 Å². The number of hydrogen-bond donors (Lipinski definition) is 1. The van der Waals surface area contributed by atoms with Crippen LogP contribution in [-0.4, -0.2) is 41.6 Å². The molecule has 112 valence electrons. The fourth-order valence-electron chi connectivity index (χ4n) is 2.99. The van der Waals surface area contributed by atoms with Gasteiger partial charge >= 0.3 is 12.0 Å². The summed E-state index contributed by atoms with van der Waals surface area (Å²) in [6.45, 7) is 2.72. The molecule has 1 unspecified atom stereocenters. The second kappa shape index (κ2) is 5.06. The molecule has 2 aliphatic rings. The Hall–Kier alpha value is -2.04. The van der Waals surface area contributed by atoms with E-state index in [1.54, 1.807) is 23.1 Å². The van der Waals surface area contributed by atoms with Crippen LogP contribution in [0.2, 0.25) is 0 Å². The van der Waals surface area contributed by atoms with Gasteiger partial charge in [-0.25, -0.2) is 9.59 Å². The molecular weight excluding hydrogens is 268 g/mol. The number of carbonyl (C=O) groups excluding carboxylic acids is 1. The normalized spacial score (nSPS) is 18.3. The predicted molar refractivity (Wildman–Crippen MR) is 79.8 cm³/mol. The zero-order valence-electron chi connectivity index (χ0n) is 12.4. The quantitative estimate of drug-likeness (QED) is 0.930. The molecule has 5 heteroatoms. The molecule has 0 bridgehead atoms. The third-order valence-corrected chi connectivity index (χ3v) is 4.67. The van der Waals surface area contributed by atoms with Crippen molar-refractivity contribution in [2.24, 2.45) is 5.92 Å². The molecule has 1 aliphatic carbocycles. The van der Waals surface area contributed by atoms with Gasteiger partial charge in [-0.3, -0.25) is 4.90 Å². The zero-order chi connectivity index (χ0) is 15.1. The van der Waals surface area contributed by atoms with Crippen molar-refractivity contribution in [2.45, 2.75) is 32.2 Å². The highest BCUT2D eigenvalue weighted by atomic mass is 16.4. The first-order valence-corrected chi connectivity index (χ1v) is 7.39. The molecule has 0 spiro atoms. The molecule has 1 atom stereocenters. The monoisotopic (exact) mass is 288 g/mol. The van der Waals surface area contributed by atoms with Crippen molar-refractivity contribution in [2.75, 3.05) is 18.5 Å². The Morgan fingerprint density at radius 1 is 1.38 bits per heavy atom. The highest BCUT2D eigenvalue weighted by Crippen LogP contribution is 2.36. The van der Waals surface area contributed by atoms with Crippen molar-refractivity contribution in [1.29, 1.82) is 0 Å². The fraction of sp³-hybridized carbons (Fsp3) is 0.500. The van der Waals surface area contributed by atoms with E-state index in [1.807, 2.05) is 11.9 Å². The summed E-state index contributed by atoms with van der Waals surface area (Å²) in [6, 6.07) is 5.27. The molecule has 3 rings (SSSR count). The average Bonchev–Trinajstić information content (AvgIpc) is 3.24. The van der Waals surface area contributed by atoms with Gasteiger partial charge in [0.1, 0.15) is 0 Å². The molecule has 1 heterocycles. The molecule has 1 fully saturated rings. The van der Waals surface area contributed by atoms with Gasteiger partial charge in [-0.2, -0.15) is 0 Å². The molecule has 1 aliphatic heterocycles. The molecule has 21 heavy (non-hydrogen) atoms. The number of nitrogens with zero attached hydrogens (tertiary/aromatic N) is 2. The van der Waals surface area contributed by atoms with Gasteiger partial charge < -0.3 is 10.0 Å². The SMILES string of the molecule is CC(C1CC1)N(C)C(=O)N1CCc2cc(C(=O)O)ccc21. The summed E-state index contributed by atoms with van der Waals surface area (Å²) in [5, 5.41) is 9.03. The van der Waals surface area contributed by atoms with Gasteiger partial charge in [-0.05, 0) is 55.9 Å². The van der Waals surface area contributed by atoms with Crippen LogP contribution in [0.15, 0.2) is 18.2 Å². The molecule has 1 saturated carbocycles. The molecular formula is C16H20N2O3. The van der Waals surface area contributed by atoms with Crippen LogP contribution in [0.5, 0.6) is 0 Å². The largest absolute Gasteiger partial charge is 0.478 e. The van der Waals surface area contributed by atoms with Gasteiger partial charge in [0.15, 0.2) is 0 Å². The van der Waals surface area contributed by atoms with Gasteiger partial charge in [0.25, 0.3) is 0 Å². The number of carbonyl (C=O) groups is 2. The standard InChI is InChI=1S/C16H20N2O3/c1-10(11-3-4-11)17(2)16(21)18-8-7-12-9-13(15(19)20)5-6-14(12)18/h5-6,9-11H,3-4,7-8H2,1-2H3,(H,19,20). The molecule has 2 amide bonds. The second-order valence-electron chi connectivity index (χ2n) is 6.02. The number of benzene rings is 1. The maximum Gasteiger partial charge on any atom is 0.335 e. The third kappa shape index (κ3) is 2.48. The second-order valence-corrected chi connectivity index (χ2v) is 6.02. The lowest BCUT2D eigenvalue weighted by Gasteiger charge is -2.30. The van der Waals surface area contributed by atoms with Crippen LogP contribution in [0, 0.1) is 5.92 Å². The lowest BCUT2D eigenvalue weighted by Crippen LogP contribution is -2.45. The fourth-order valence-corrected chi connectivity index (χ4v) is 2.99. The van der Waals surface area contributed by atoms with E-state index in [-0.39, 0.29) is 17.6 Å². The summed E-state index contributed by atoms with van der Waals surface area (Å²) in [7, 11) is 1.86. The summed E-state index contributed by atoms with van der Waals surface area (Å²) in [5.74, 6) is -0.294. The Balaban J connectivity index is 1.80. The Morgan fingerprint density at radius 2 is 2.10 bits per heavy atom.